The number of amides is 2. The van der Waals surface area contributed by atoms with Gasteiger partial charge in [0.15, 0.2) is 0 Å². The van der Waals surface area contributed by atoms with Crippen LogP contribution in [0.3, 0.4) is 0 Å². The first kappa shape index (κ1) is 24.2. The fraction of sp³-hybridized carbons (Fsp3) is 0.286. The van der Waals surface area contributed by atoms with Crippen molar-refractivity contribution >= 4 is 51.3 Å². The van der Waals surface area contributed by atoms with Crippen LogP contribution in [0.2, 0.25) is 10.0 Å². The quantitative estimate of drug-likeness (QED) is 0.453. The van der Waals surface area contributed by atoms with Crippen molar-refractivity contribution in [3.05, 3.63) is 63.6 Å². The fourth-order valence-electron chi connectivity index (χ4n) is 3.14. The molecule has 0 atom stereocenters. The van der Waals surface area contributed by atoms with E-state index in [9.17, 15) is 18.0 Å². The molecule has 0 radical (unpaired) electrons. The highest BCUT2D eigenvalue weighted by atomic mass is 35.5. The molecule has 3 rings (SSSR count). The highest BCUT2D eigenvalue weighted by molar-refractivity contribution is 7.89. The molecule has 2 N–H and O–H groups in total. The van der Waals surface area contributed by atoms with E-state index >= 15 is 0 Å². The van der Waals surface area contributed by atoms with Gasteiger partial charge >= 0.3 is 0 Å². The van der Waals surface area contributed by atoms with Crippen molar-refractivity contribution in [1.29, 1.82) is 0 Å². The van der Waals surface area contributed by atoms with Crippen molar-refractivity contribution in [1.82, 2.24) is 15.0 Å². The number of nitrogens with zero attached hydrogens (tertiary/aromatic N) is 2. The molecule has 0 aliphatic carbocycles. The minimum atomic E-state index is -3.57. The first-order chi connectivity index (χ1) is 15.3. The molecule has 0 spiro atoms. The van der Waals surface area contributed by atoms with Crippen molar-refractivity contribution in [2.45, 2.75) is 24.2 Å². The summed E-state index contributed by atoms with van der Waals surface area (Å²) >= 11 is 12.0. The average Bonchev–Trinajstić information content (AvgIpc) is 2.80. The Morgan fingerprint density at radius 1 is 1.00 bits per heavy atom. The Morgan fingerprint density at radius 3 is 2.25 bits per heavy atom. The van der Waals surface area contributed by atoms with E-state index in [1.807, 2.05) is 0 Å². The van der Waals surface area contributed by atoms with Gasteiger partial charge in [-0.25, -0.2) is 13.8 Å². The van der Waals surface area contributed by atoms with Gasteiger partial charge in [-0.15, -0.1) is 0 Å². The molecular weight excluding hydrogens is 475 g/mol. The fourth-order valence-corrected chi connectivity index (χ4v) is 5.15. The third-order valence-electron chi connectivity index (χ3n) is 4.86. The van der Waals surface area contributed by atoms with Crippen molar-refractivity contribution in [3.8, 4) is 0 Å². The molecule has 0 aromatic heterocycles. The second-order valence-corrected chi connectivity index (χ2v) is 9.85. The van der Waals surface area contributed by atoms with Crippen molar-refractivity contribution < 1.29 is 18.0 Å². The van der Waals surface area contributed by atoms with Crippen LogP contribution in [0.4, 0.5) is 0 Å². The van der Waals surface area contributed by atoms with Crippen LogP contribution >= 0.6 is 23.2 Å². The molecule has 0 saturated carbocycles. The van der Waals surface area contributed by atoms with Gasteiger partial charge in [0.05, 0.1) is 27.7 Å². The van der Waals surface area contributed by atoms with Gasteiger partial charge in [0.25, 0.3) is 11.8 Å². The maximum Gasteiger partial charge on any atom is 0.259 e. The predicted molar refractivity (Wildman–Crippen MR) is 124 cm³/mol. The summed E-state index contributed by atoms with van der Waals surface area (Å²) in [4.78, 5) is 24.3. The summed E-state index contributed by atoms with van der Waals surface area (Å²) in [7, 11) is -3.57. The van der Waals surface area contributed by atoms with E-state index in [-0.39, 0.29) is 17.0 Å². The van der Waals surface area contributed by atoms with Crippen LogP contribution in [-0.4, -0.2) is 50.4 Å². The van der Waals surface area contributed by atoms with Gasteiger partial charge in [-0.2, -0.15) is 9.41 Å². The minimum absolute atomic E-state index is 0.140. The molecule has 1 aliphatic heterocycles. The van der Waals surface area contributed by atoms with Crippen LogP contribution in [0.1, 0.15) is 35.2 Å². The van der Waals surface area contributed by atoms with Gasteiger partial charge in [0.2, 0.25) is 10.0 Å². The van der Waals surface area contributed by atoms with E-state index in [0.29, 0.717) is 28.7 Å². The topological polar surface area (TPSA) is 108 Å². The molecule has 2 aromatic rings. The molecule has 170 valence electrons. The Bertz CT molecular complexity index is 1090. The van der Waals surface area contributed by atoms with Gasteiger partial charge in [-0.1, -0.05) is 35.7 Å². The zero-order valence-corrected chi connectivity index (χ0v) is 19.4. The molecule has 0 unspecified atom stereocenters. The zero-order valence-electron chi connectivity index (χ0n) is 17.1. The number of carbonyl (C=O) groups is 2. The average molecular weight is 497 g/mol. The van der Waals surface area contributed by atoms with Gasteiger partial charge in [-0.3, -0.25) is 9.59 Å². The second-order valence-electron chi connectivity index (χ2n) is 7.10. The molecule has 0 bridgehead atoms. The summed E-state index contributed by atoms with van der Waals surface area (Å²) in [6, 6.07) is 10.6. The maximum absolute atomic E-state index is 12.7. The normalized spacial score (nSPS) is 14.9. The number of piperidine rings is 1. The van der Waals surface area contributed by atoms with Crippen LogP contribution in [0.15, 0.2) is 52.5 Å². The summed E-state index contributed by atoms with van der Waals surface area (Å²) in [5.41, 5.74) is 2.97. The largest absolute Gasteiger partial charge is 0.343 e. The van der Waals surface area contributed by atoms with E-state index in [4.69, 9.17) is 23.2 Å². The van der Waals surface area contributed by atoms with Crippen LogP contribution < -0.4 is 10.7 Å². The number of rotatable bonds is 7. The summed E-state index contributed by atoms with van der Waals surface area (Å²) < 4.78 is 26.8. The van der Waals surface area contributed by atoms with Gasteiger partial charge in [-0.05, 0) is 49.2 Å². The summed E-state index contributed by atoms with van der Waals surface area (Å²) in [5, 5.41) is 7.00. The van der Waals surface area contributed by atoms with E-state index in [0.717, 1.165) is 19.3 Å². The summed E-state index contributed by atoms with van der Waals surface area (Å²) in [5.74, 6) is -1.07. The number of hydrogen-bond acceptors (Lipinski definition) is 5. The highest BCUT2D eigenvalue weighted by Crippen LogP contribution is 2.22. The van der Waals surface area contributed by atoms with Crippen molar-refractivity contribution in [2.24, 2.45) is 5.10 Å². The van der Waals surface area contributed by atoms with Crippen LogP contribution in [-0.2, 0) is 14.8 Å². The van der Waals surface area contributed by atoms with Crippen molar-refractivity contribution in [3.63, 3.8) is 0 Å². The Balaban J connectivity index is 1.52. The molecule has 1 fully saturated rings. The Kier molecular flexibility index (Phi) is 8.25. The van der Waals surface area contributed by atoms with E-state index < -0.39 is 21.8 Å². The Labute approximate surface area is 196 Å². The Morgan fingerprint density at radius 2 is 1.62 bits per heavy atom. The molecule has 8 nitrogen and oxygen atoms in total. The molecule has 2 aromatic carbocycles. The number of nitrogens with one attached hydrogen (secondary N) is 2. The number of sulfonamides is 1. The third-order valence-corrected chi connectivity index (χ3v) is 7.43. The molecular formula is C21H22Cl2N4O4S. The molecule has 1 saturated heterocycles. The summed E-state index contributed by atoms with van der Waals surface area (Å²) in [6.07, 6.45) is 4.03. The van der Waals surface area contributed by atoms with Crippen LogP contribution in [0.5, 0.6) is 0 Å². The van der Waals surface area contributed by atoms with E-state index in [2.05, 4.69) is 15.8 Å². The predicted octanol–water partition coefficient (Wildman–Crippen LogP) is 3.05. The van der Waals surface area contributed by atoms with Crippen molar-refractivity contribution in [2.75, 3.05) is 19.6 Å². The zero-order chi connectivity index (χ0) is 23.1. The highest BCUT2D eigenvalue weighted by Gasteiger charge is 2.25. The second kappa shape index (κ2) is 10.9. The van der Waals surface area contributed by atoms with E-state index in [1.54, 1.807) is 18.2 Å². The number of benzene rings is 2. The molecule has 1 aliphatic rings. The molecule has 2 amide bonds. The maximum atomic E-state index is 12.7. The SMILES string of the molecule is O=C(CNC(=O)c1ccc(S(=O)(=O)N2CCCCC2)cc1)N/N=C/c1c(Cl)cccc1Cl. The number of halogens is 2. The first-order valence-electron chi connectivity index (χ1n) is 9.93. The smallest absolute Gasteiger partial charge is 0.259 e. The Hall–Kier alpha value is -2.46. The minimum Gasteiger partial charge on any atom is -0.343 e. The number of hydrazone groups is 1. The standard InChI is InChI=1S/C21H22Cl2N4O4S/c22-18-5-4-6-19(23)17(18)13-25-26-20(28)14-24-21(29)15-7-9-16(10-8-15)32(30,31)27-11-2-1-3-12-27/h4-10,13H,1-3,11-12,14H2,(H,24,29)(H,26,28)/b25-13+. The molecule has 1 heterocycles. The third kappa shape index (κ3) is 6.07. The lowest BCUT2D eigenvalue weighted by Gasteiger charge is -2.25. The molecule has 11 heteroatoms. The van der Waals surface area contributed by atoms with Crippen LogP contribution in [0.25, 0.3) is 0 Å². The number of hydrogen-bond donors (Lipinski definition) is 2. The first-order valence-corrected chi connectivity index (χ1v) is 12.1. The van der Waals surface area contributed by atoms with Gasteiger partial charge < -0.3 is 5.32 Å². The molecule has 32 heavy (non-hydrogen) atoms. The number of carbonyl (C=O) groups excluding carboxylic acids is 2. The summed E-state index contributed by atoms with van der Waals surface area (Å²) in [6.45, 7) is 0.690. The monoisotopic (exact) mass is 496 g/mol. The van der Waals surface area contributed by atoms with Gasteiger partial charge in [0.1, 0.15) is 0 Å². The lowest BCUT2D eigenvalue weighted by atomic mass is 10.2. The van der Waals surface area contributed by atoms with E-state index in [1.165, 1.54) is 34.8 Å². The lowest BCUT2D eigenvalue weighted by Crippen LogP contribution is -2.36. The van der Waals surface area contributed by atoms with Crippen LogP contribution in [0, 0.1) is 0 Å². The lowest BCUT2D eigenvalue weighted by molar-refractivity contribution is -0.120. The van der Waals surface area contributed by atoms with Gasteiger partial charge in [0, 0.05) is 24.2 Å².